The van der Waals surface area contributed by atoms with Gasteiger partial charge in [0.15, 0.2) is 0 Å². The summed E-state index contributed by atoms with van der Waals surface area (Å²) in [6.07, 6.45) is 2.54. The van der Waals surface area contributed by atoms with Crippen LogP contribution in [-0.2, 0) is 0 Å². The predicted octanol–water partition coefficient (Wildman–Crippen LogP) is 3.24. The molecule has 2 atom stereocenters. The number of fused-ring (bicyclic) bond motifs is 3. The van der Waals surface area contributed by atoms with Crippen LogP contribution in [0.2, 0.25) is 0 Å². The second-order valence-electron chi connectivity index (χ2n) is 6.74. The van der Waals surface area contributed by atoms with E-state index in [0.717, 1.165) is 0 Å². The molecule has 22 heavy (non-hydrogen) atoms. The molecule has 0 radical (unpaired) electrons. The third kappa shape index (κ3) is 2.37. The van der Waals surface area contributed by atoms with Crippen LogP contribution in [0.1, 0.15) is 29.9 Å². The Labute approximate surface area is 132 Å². The number of benzene rings is 2. The minimum atomic E-state index is 0.285. The molecule has 3 aliphatic heterocycles. The van der Waals surface area contributed by atoms with Crippen molar-refractivity contribution in [3.8, 4) is 0 Å². The van der Waals surface area contributed by atoms with Crippen LogP contribution in [0.15, 0.2) is 60.7 Å². The van der Waals surface area contributed by atoms with E-state index in [1.165, 1.54) is 37.1 Å². The van der Waals surface area contributed by atoms with Gasteiger partial charge in [-0.25, -0.2) is 0 Å². The standard InChI is InChI=1S/C20H24N2/c21-19-17-11-13-22(14-12-17)20(19)18(15-7-3-1-4-8-15)16-9-5-2-6-10-16/h1-10,17-20H,11-14,21H2/t19-,20-/m0/s1. The van der Waals surface area contributed by atoms with Crippen molar-refractivity contribution in [2.24, 2.45) is 11.7 Å². The lowest BCUT2D eigenvalue weighted by atomic mass is 9.71. The van der Waals surface area contributed by atoms with Crippen molar-refractivity contribution in [1.29, 1.82) is 0 Å². The maximum Gasteiger partial charge on any atom is 0.0359 e. The first-order chi connectivity index (χ1) is 10.8. The molecule has 3 fully saturated rings. The lowest BCUT2D eigenvalue weighted by Gasteiger charge is -2.52. The first-order valence-corrected chi connectivity index (χ1v) is 8.44. The highest BCUT2D eigenvalue weighted by Gasteiger charge is 2.44. The molecule has 0 aliphatic carbocycles. The summed E-state index contributed by atoms with van der Waals surface area (Å²) in [5.41, 5.74) is 9.48. The molecule has 2 N–H and O–H groups in total. The molecule has 0 unspecified atom stereocenters. The van der Waals surface area contributed by atoms with E-state index in [4.69, 9.17) is 5.73 Å². The van der Waals surface area contributed by atoms with Crippen molar-refractivity contribution in [2.45, 2.75) is 30.8 Å². The van der Waals surface area contributed by atoms with Crippen molar-refractivity contribution in [2.75, 3.05) is 13.1 Å². The van der Waals surface area contributed by atoms with Crippen molar-refractivity contribution < 1.29 is 0 Å². The maximum atomic E-state index is 6.70. The number of piperidine rings is 3. The van der Waals surface area contributed by atoms with Crippen molar-refractivity contribution in [3.05, 3.63) is 71.8 Å². The average molecular weight is 292 g/mol. The summed E-state index contributed by atoms with van der Waals surface area (Å²) in [5.74, 6) is 1.07. The maximum absolute atomic E-state index is 6.70. The van der Waals surface area contributed by atoms with Crippen molar-refractivity contribution >= 4 is 0 Å². The molecular weight excluding hydrogens is 268 g/mol. The van der Waals surface area contributed by atoms with Gasteiger partial charge < -0.3 is 5.73 Å². The van der Waals surface area contributed by atoms with Gasteiger partial charge in [-0.3, -0.25) is 4.90 Å². The van der Waals surface area contributed by atoms with Crippen LogP contribution < -0.4 is 5.73 Å². The number of hydrogen-bond donors (Lipinski definition) is 1. The fourth-order valence-electron chi connectivity index (χ4n) is 4.47. The lowest BCUT2D eigenvalue weighted by Crippen LogP contribution is -2.63. The van der Waals surface area contributed by atoms with E-state index in [1.54, 1.807) is 0 Å². The van der Waals surface area contributed by atoms with Gasteiger partial charge >= 0.3 is 0 Å². The van der Waals surface area contributed by atoms with Gasteiger partial charge in [-0.15, -0.1) is 0 Å². The zero-order valence-electron chi connectivity index (χ0n) is 12.9. The summed E-state index contributed by atoms with van der Waals surface area (Å²) in [4.78, 5) is 2.63. The predicted molar refractivity (Wildman–Crippen MR) is 90.8 cm³/mol. The van der Waals surface area contributed by atoms with E-state index in [-0.39, 0.29) is 6.04 Å². The molecule has 0 saturated carbocycles. The number of hydrogen-bond acceptors (Lipinski definition) is 2. The van der Waals surface area contributed by atoms with Crippen LogP contribution in [0.3, 0.4) is 0 Å². The molecular formula is C20H24N2. The van der Waals surface area contributed by atoms with E-state index in [0.29, 0.717) is 17.9 Å². The highest BCUT2D eigenvalue weighted by atomic mass is 15.2. The third-order valence-corrected chi connectivity index (χ3v) is 5.59. The smallest absolute Gasteiger partial charge is 0.0359 e. The minimum Gasteiger partial charge on any atom is -0.326 e. The van der Waals surface area contributed by atoms with Crippen LogP contribution in [0.25, 0.3) is 0 Å². The van der Waals surface area contributed by atoms with E-state index in [9.17, 15) is 0 Å². The Kier molecular flexibility index (Phi) is 3.73. The van der Waals surface area contributed by atoms with Gasteiger partial charge in [0, 0.05) is 18.0 Å². The molecule has 3 heterocycles. The van der Waals surface area contributed by atoms with Gasteiger partial charge in [-0.2, -0.15) is 0 Å². The van der Waals surface area contributed by atoms with Crippen LogP contribution in [0.5, 0.6) is 0 Å². The van der Waals surface area contributed by atoms with Gasteiger partial charge in [0.05, 0.1) is 0 Å². The molecule has 2 bridgehead atoms. The van der Waals surface area contributed by atoms with Gasteiger partial charge in [-0.1, -0.05) is 60.7 Å². The Morgan fingerprint density at radius 2 is 1.32 bits per heavy atom. The van der Waals surface area contributed by atoms with Gasteiger partial charge in [0.1, 0.15) is 0 Å². The van der Waals surface area contributed by atoms with E-state index < -0.39 is 0 Å². The molecule has 3 saturated heterocycles. The first kappa shape index (κ1) is 14.0. The summed E-state index contributed by atoms with van der Waals surface area (Å²) in [6.45, 7) is 2.42. The van der Waals surface area contributed by atoms with Gasteiger partial charge in [0.2, 0.25) is 0 Å². The summed E-state index contributed by atoms with van der Waals surface area (Å²) >= 11 is 0. The normalized spacial score (nSPS) is 30.6. The van der Waals surface area contributed by atoms with Crippen LogP contribution in [0.4, 0.5) is 0 Å². The zero-order chi connectivity index (χ0) is 14.9. The SMILES string of the molecule is N[C@H]1[C@H]2CC[N@](CC2)[C@H]1C(c1ccccc1)c1ccccc1. The fourth-order valence-corrected chi connectivity index (χ4v) is 4.47. The second kappa shape index (κ2) is 5.86. The number of nitrogens with two attached hydrogens (primary N) is 1. The molecule has 114 valence electrons. The Morgan fingerprint density at radius 3 is 1.77 bits per heavy atom. The highest BCUT2D eigenvalue weighted by Crippen LogP contribution is 2.40. The molecule has 0 aromatic heterocycles. The molecule has 2 heteroatoms. The Balaban J connectivity index is 1.78. The minimum absolute atomic E-state index is 0.285. The molecule has 2 aromatic rings. The highest BCUT2D eigenvalue weighted by molar-refractivity contribution is 5.35. The zero-order valence-corrected chi connectivity index (χ0v) is 12.9. The van der Waals surface area contributed by atoms with Crippen LogP contribution in [-0.4, -0.2) is 30.1 Å². The largest absolute Gasteiger partial charge is 0.326 e. The monoisotopic (exact) mass is 292 g/mol. The lowest BCUT2D eigenvalue weighted by molar-refractivity contribution is 0.0204. The van der Waals surface area contributed by atoms with Gasteiger partial charge in [0.25, 0.3) is 0 Å². The quantitative estimate of drug-likeness (QED) is 0.941. The third-order valence-electron chi connectivity index (χ3n) is 5.59. The van der Waals surface area contributed by atoms with Crippen molar-refractivity contribution in [1.82, 2.24) is 4.90 Å². The average Bonchev–Trinajstić information content (AvgIpc) is 2.60. The number of nitrogens with zero attached hydrogens (tertiary/aromatic N) is 1. The molecule has 5 rings (SSSR count). The summed E-state index contributed by atoms with van der Waals surface area (Å²) < 4.78 is 0. The Morgan fingerprint density at radius 1 is 0.818 bits per heavy atom. The topological polar surface area (TPSA) is 29.3 Å². The van der Waals surface area contributed by atoms with E-state index in [2.05, 4.69) is 65.6 Å². The number of rotatable bonds is 3. The Bertz CT molecular complexity index is 561. The van der Waals surface area contributed by atoms with Crippen molar-refractivity contribution in [3.63, 3.8) is 0 Å². The van der Waals surface area contributed by atoms with Crippen LogP contribution in [0, 0.1) is 5.92 Å². The summed E-state index contributed by atoms with van der Waals surface area (Å²) in [6, 6.07) is 22.5. The summed E-state index contributed by atoms with van der Waals surface area (Å²) in [7, 11) is 0. The second-order valence-corrected chi connectivity index (χ2v) is 6.74. The molecule has 2 aromatic carbocycles. The first-order valence-electron chi connectivity index (χ1n) is 8.44. The van der Waals surface area contributed by atoms with E-state index >= 15 is 0 Å². The molecule has 0 amide bonds. The molecule has 0 spiro atoms. The summed E-state index contributed by atoms with van der Waals surface area (Å²) in [5, 5.41) is 0. The Hall–Kier alpha value is -1.64. The van der Waals surface area contributed by atoms with Crippen LogP contribution >= 0.6 is 0 Å². The molecule has 3 aliphatic rings. The fraction of sp³-hybridized carbons (Fsp3) is 0.400. The van der Waals surface area contributed by atoms with E-state index in [1.807, 2.05) is 0 Å². The van der Waals surface area contributed by atoms with Gasteiger partial charge in [-0.05, 0) is 43.0 Å². The molecule has 2 nitrogen and oxygen atoms in total.